The minimum atomic E-state index is -2.54. The first-order valence-electron chi connectivity index (χ1n) is 10.3. The van der Waals surface area contributed by atoms with Crippen LogP contribution in [0.25, 0.3) is 0 Å². The summed E-state index contributed by atoms with van der Waals surface area (Å²) in [6, 6.07) is 7.75. The molecule has 4 heteroatoms. The third-order valence-electron chi connectivity index (χ3n) is 6.78. The minimum Gasteiger partial charge on any atom is -0.427 e. The molecule has 0 spiro atoms. The minimum absolute atomic E-state index is 0.199. The van der Waals surface area contributed by atoms with Gasteiger partial charge in [-0.15, -0.1) is 0 Å². The summed E-state index contributed by atoms with van der Waals surface area (Å²) in [7, 11) is -0.155. The Bertz CT molecular complexity index is 537. The van der Waals surface area contributed by atoms with E-state index in [4.69, 9.17) is 0 Å². The molecule has 0 amide bonds. The number of benzene rings is 1. The summed E-state index contributed by atoms with van der Waals surface area (Å²) >= 11 is 0. The predicted octanol–water partition coefficient (Wildman–Crippen LogP) is 4.33. The molecule has 0 unspecified atom stereocenters. The van der Waals surface area contributed by atoms with Crippen LogP contribution in [0.2, 0.25) is 11.6 Å². The number of quaternary nitrogens is 1. The van der Waals surface area contributed by atoms with Gasteiger partial charge in [0.1, 0.15) is 5.82 Å². The lowest BCUT2D eigenvalue weighted by Crippen LogP contribution is -2.54. The Labute approximate surface area is 153 Å². The molecule has 1 aliphatic heterocycles. The molecule has 1 aromatic carbocycles. The molecule has 25 heavy (non-hydrogen) atoms. The Morgan fingerprint density at radius 1 is 1.00 bits per heavy atom. The first-order valence-corrected chi connectivity index (χ1v) is 12.6. The van der Waals surface area contributed by atoms with Crippen molar-refractivity contribution in [2.24, 2.45) is 0 Å². The van der Waals surface area contributed by atoms with Gasteiger partial charge >= 0.3 is 0 Å². The zero-order valence-corrected chi connectivity index (χ0v) is 16.9. The molecule has 2 aliphatic rings. The van der Waals surface area contributed by atoms with Gasteiger partial charge < -0.3 is 9.28 Å². The van der Waals surface area contributed by atoms with Crippen molar-refractivity contribution < 1.29 is 13.7 Å². The summed E-state index contributed by atoms with van der Waals surface area (Å²) in [6.07, 6.45) is 11.3. The Morgan fingerprint density at radius 2 is 1.60 bits per heavy atom. The first-order chi connectivity index (χ1) is 12.0. The lowest BCUT2D eigenvalue weighted by Gasteiger charge is -2.40. The molecule has 0 aromatic heterocycles. The van der Waals surface area contributed by atoms with Crippen molar-refractivity contribution in [1.29, 1.82) is 0 Å². The SMILES string of the molecule is C[N+]1(CCC[Si@](O)(c2ccc(F)cc2)C2CCCCC2)CCCCC1. The van der Waals surface area contributed by atoms with E-state index in [1.165, 1.54) is 74.8 Å². The number of rotatable bonds is 6. The van der Waals surface area contributed by atoms with Crippen molar-refractivity contribution in [3.63, 3.8) is 0 Å². The van der Waals surface area contributed by atoms with Crippen molar-refractivity contribution in [1.82, 2.24) is 0 Å². The van der Waals surface area contributed by atoms with Gasteiger partial charge in [0.15, 0.2) is 0 Å². The van der Waals surface area contributed by atoms with E-state index in [1.54, 1.807) is 0 Å². The van der Waals surface area contributed by atoms with Crippen LogP contribution in [-0.4, -0.2) is 44.3 Å². The molecule has 1 saturated heterocycles. The second-order valence-electron chi connectivity index (χ2n) is 8.72. The maximum atomic E-state index is 13.4. The summed E-state index contributed by atoms with van der Waals surface area (Å²) in [5.74, 6) is -0.199. The Morgan fingerprint density at radius 3 is 2.24 bits per heavy atom. The quantitative estimate of drug-likeness (QED) is 0.588. The van der Waals surface area contributed by atoms with Gasteiger partial charge in [-0.1, -0.05) is 44.2 Å². The second kappa shape index (κ2) is 8.32. The number of hydrogen-bond donors (Lipinski definition) is 1. The molecule has 0 radical (unpaired) electrons. The average molecular weight is 365 g/mol. The van der Waals surface area contributed by atoms with Gasteiger partial charge in [-0.2, -0.15) is 0 Å². The number of nitrogens with zero attached hydrogens (tertiary/aromatic N) is 1. The van der Waals surface area contributed by atoms with E-state index in [0.717, 1.165) is 30.5 Å². The number of halogens is 1. The molecule has 3 rings (SSSR count). The van der Waals surface area contributed by atoms with Crippen molar-refractivity contribution in [3.05, 3.63) is 30.1 Å². The lowest BCUT2D eigenvalue weighted by molar-refractivity contribution is -0.914. The van der Waals surface area contributed by atoms with Gasteiger partial charge in [-0.3, -0.25) is 0 Å². The van der Waals surface area contributed by atoms with Gasteiger partial charge in [0.25, 0.3) is 0 Å². The highest BCUT2D eigenvalue weighted by atomic mass is 28.4. The van der Waals surface area contributed by atoms with Crippen LogP contribution in [0.4, 0.5) is 4.39 Å². The molecule has 2 fully saturated rings. The summed E-state index contributed by atoms with van der Waals surface area (Å²) in [5, 5.41) is 1.06. The van der Waals surface area contributed by atoms with Crippen LogP contribution >= 0.6 is 0 Å². The fourth-order valence-electron chi connectivity index (χ4n) is 5.13. The highest BCUT2D eigenvalue weighted by Crippen LogP contribution is 2.38. The summed E-state index contributed by atoms with van der Waals surface area (Å²) in [5.41, 5.74) is 0.457. The zero-order chi connectivity index (χ0) is 17.8. The molecule has 1 aromatic rings. The van der Waals surface area contributed by atoms with Crippen molar-refractivity contribution >= 4 is 13.5 Å². The van der Waals surface area contributed by atoms with E-state index >= 15 is 0 Å². The van der Waals surface area contributed by atoms with Gasteiger partial charge in [-0.25, -0.2) is 4.39 Å². The van der Waals surface area contributed by atoms with E-state index in [0.29, 0.717) is 5.54 Å². The molecule has 2 nitrogen and oxygen atoms in total. The molecule has 0 bridgehead atoms. The summed E-state index contributed by atoms with van der Waals surface area (Å²) in [6.45, 7) is 3.77. The van der Waals surface area contributed by atoms with Crippen LogP contribution in [0.5, 0.6) is 0 Å². The number of piperidine rings is 1. The van der Waals surface area contributed by atoms with Crippen LogP contribution in [0.15, 0.2) is 24.3 Å². The fraction of sp³-hybridized carbons (Fsp3) is 0.714. The van der Waals surface area contributed by atoms with Crippen molar-refractivity contribution in [3.8, 4) is 0 Å². The Balaban J connectivity index is 1.70. The highest BCUT2D eigenvalue weighted by Gasteiger charge is 2.42. The zero-order valence-electron chi connectivity index (χ0n) is 15.9. The van der Waals surface area contributed by atoms with E-state index in [-0.39, 0.29) is 5.82 Å². The smallest absolute Gasteiger partial charge is 0.223 e. The Kier molecular flexibility index (Phi) is 6.34. The van der Waals surface area contributed by atoms with Crippen molar-refractivity contribution in [2.75, 3.05) is 26.7 Å². The third-order valence-corrected chi connectivity index (χ3v) is 11.2. The average Bonchev–Trinajstić information content (AvgIpc) is 2.63. The van der Waals surface area contributed by atoms with Crippen LogP contribution < -0.4 is 5.19 Å². The maximum Gasteiger partial charge on any atom is 0.223 e. The highest BCUT2D eigenvalue weighted by molar-refractivity contribution is 6.86. The fourth-order valence-corrected chi connectivity index (χ4v) is 9.11. The molecule has 140 valence electrons. The first kappa shape index (κ1) is 19.1. The molecule has 1 atom stereocenters. The normalized spacial score (nSPS) is 24.0. The summed E-state index contributed by atoms with van der Waals surface area (Å²) in [4.78, 5) is 11.8. The molecule has 1 aliphatic carbocycles. The lowest BCUT2D eigenvalue weighted by atomic mass is 10.0. The van der Waals surface area contributed by atoms with E-state index in [9.17, 15) is 9.19 Å². The van der Waals surface area contributed by atoms with E-state index < -0.39 is 8.32 Å². The third kappa shape index (κ3) is 4.72. The van der Waals surface area contributed by atoms with Crippen LogP contribution in [-0.2, 0) is 0 Å². The predicted molar refractivity (Wildman–Crippen MR) is 105 cm³/mol. The summed E-state index contributed by atoms with van der Waals surface area (Å²) < 4.78 is 14.6. The van der Waals surface area contributed by atoms with Crippen molar-refractivity contribution in [2.45, 2.75) is 69.4 Å². The van der Waals surface area contributed by atoms with Gasteiger partial charge in [-0.05, 0) is 54.6 Å². The molecule has 1 saturated carbocycles. The standard InChI is InChI=1S/C21H35FNOSi/c1-23(15-6-3-7-16-23)17-8-18-25(24,20-9-4-2-5-10-20)21-13-11-19(22)12-14-21/h11-14,20,24H,2-10,15-18H2,1H3/q+1/t25-/m1/s1. The largest absolute Gasteiger partial charge is 0.427 e. The van der Waals surface area contributed by atoms with Crippen LogP contribution in [0, 0.1) is 5.82 Å². The van der Waals surface area contributed by atoms with Gasteiger partial charge in [0.05, 0.1) is 26.7 Å². The Hall–Kier alpha value is -0.713. The molecule has 1 heterocycles. The van der Waals surface area contributed by atoms with Gasteiger partial charge in [0, 0.05) is 0 Å². The van der Waals surface area contributed by atoms with Crippen LogP contribution in [0.3, 0.4) is 0 Å². The molecular weight excluding hydrogens is 329 g/mol. The maximum absolute atomic E-state index is 13.4. The van der Waals surface area contributed by atoms with Crippen LogP contribution in [0.1, 0.15) is 57.8 Å². The van der Waals surface area contributed by atoms with E-state index in [2.05, 4.69) is 7.05 Å². The van der Waals surface area contributed by atoms with E-state index in [1.807, 2.05) is 12.1 Å². The second-order valence-corrected chi connectivity index (χ2v) is 12.5. The molecule has 1 N–H and O–H groups in total. The van der Waals surface area contributed by atoms with Gasteiger partial charge in [0.2, 0.25) is 8.32 Å². The molecular formula is C21H35FNOSi+. The monoisotopic (exact) mass is 364 g/mol. The number of hydrogen-bond acceptors (Lipinski definition) is 1. The number of likely N-dealkylation sites (tertiary alicyclic amines) is 1. The topological polar surface area (TPSA) is 20.2 Å².